The summed E-state index contributed by atoms with van der Waals surface area (Å²) in [5.41, 5.74) is 18.8. The molecule has 4 amide bonds. The highest BCUT2D eigenvalue weighted by Gasteiger charge is 2.42. The molecule has 2 aromatic carbocycles. The quantitative estimate of drug-likeness (QED) is 0.0836. The number of nitrogens with one attached hydrogen (secondary N) is 3. The Morgan fingerprint density at radius 2 is 1.32 bits per heavy atom. The number of amides is 4. The molecule has 1 aliphatic carbocycles. The van der Waals surface area contributed by atoms with E-state index in [-0.39, 0.29) is 44.2 Å². The van der Waals surface area contributed by atoms with Gasteiger partial charge in [-0.05, 0) is 68.5 Å². The fourth-order valence-electron chi connectivity index (χ4n) is 6.27. The molecule has 2 aliphatic rings. The molecule has 1 unspecified atom stereocenters. The zero-order chi connectivity index (χ0) is 42.2. The number of alkyl halides is 3. The number of ether oxygens (including phenoxy) is 1. The fraction of sp³-hybridized carbons (Fsp3) is 0.538. The Balaban J connectivity index is 0.00000113. The van der Waals surface area contributed by atoms with Crippen LogP contribution in [0.3, 0.4) is 0 Å². The SMILES string of the molecule is COC(=O)C1(N)CCN(C(=O)[C@@H](CCCCN)NC(=O)C(CC2CC2)NC(=O)[C@@H](Cc2ccccc2)NC(=O)[C@H](N)Cc2ccccc2)CC1.O=C(O)C(F)(F)F. The van der Waals surface area contributed by atoms with Crippen molar-refractivity contribution in [1.29, 1.82) is 0 Å². The van der Waals surface area contributed by atoms with Crippen LogP contribution in [-0.2, 0) is 46.3 Å². The highest BCUT2D eigenvalue weighted by atomic mass is 19.4. The number of nitrogens with two attached hydrogens (primary N) is 3. The van der Waals surface area contributed by atoms with Gasteiger partial charge in [0.05, 0.1) is 13.2 Å². The largest absolute Gasteiger partial charge is 0.490 e. The predicted octanol–water partition coefficient (Wildman–Crippen LogP) is 1.31. The molecule has 1 saturated heterocycles. The number of aliphatic carboxylic acids is 1. The lowest BCUT2D eigenvalue weighted by Crippen LogP contribution is -2.61. The van der Waals surface area contributed by atoms with Crippen molar-refractivity contribution in [3.8, 4) is 0 Å². The van der Waals surface area contributed by atoms with Crippen molar-refractivity contribution in [3.63, 3.8) is 0 Å². The van der Waals surface area contributed by atoms with E-state index in [1.165, 1.54) is 7.11 Å². The van der Waals surface area contributed by atoms with E-state index in [1.807, 2.05) is 60.7 Å². The summed E-state index contributed by atoms with van der Waals surface area (Å²) in [6, 6.07) is 15.0. The van der Waals surface area contributed by atoms with Gasteiger partial charge in [-0.2, -0.15) is 13.2 Å². The van der Waals surface area contributed by atoms with Gasteiger partial charge < -0.3 is 47.9 Å². The molecule has 18 heteroatoms. The third-order valence-electron chi connectivity index (χ3n) is 9.81. The fourth-order valence-corrected chi connectivity index (χ4v) is 6.27. The summed E-state index contributed by atoms with van der Waals surface area (Å²) in [6.07, 6.45) is -0.211. The summed E-state index contributed by atoms with van der Waals surface area (Å²) in [5.74, 6) is -4.75. The Hall–Kier alpha value is -5.07. The number of rotatable bonds is 18. The second-order valence-corrected chi connectivity index (χ2v) is 14.4. The van der Waals surface area contributed by atoms with Gasteiger partial charge in [0.25, 0.3) is 0 Å². The number of unbranched alkanes of at least 4 members (excludes halogenated alkanes) is 1. The highest BCUT2D eigenvalue weighted by molar-refractivity contribution is 5.95. The average Bonchev–Trinajstić information content (AvgIpc) is 4.01. The van der Waals surface area contributed by atoms with Crippen molar-refractivity contribution in [1.82, 2.24) is 20.9 Å². The normalized spacial score (nSPS) is 17.0. The second-order valence-electron chi connectivity index (χ2n) is 14.4. The summed E-state index contributed by atoms with van der Waals surface area (Å²) < 4.78 is 36.6. The summed E-state index contributed by atoms with van der Waals surface area (Å²) in [6.45, 7) is 0.920. The molecule has 2 aromatic rings. The zero-order valence-corrected chi connectivity index (χ0v) is 32.0. The van der Waals surface area contributed by atoms with Gasteiger partial charge in [-0.15, -0.1) is 0 Å². The maximum absolute atomic E-state index is 13.9. The molecule has 0 bridgehead atoms. The lowest BCUT2D eigenvalue weighted by atomic mass is 9.88. The standard InChI is InChI=1S/C37H53N7O6.C2HF3O2/c1-50-36(49)37(40)17-20-44(21-18-37)35(48)29(14-8-9-19-38)41-33(46)31(24-27-15-16-27)43-34(47)30(23-26-12-6-3-7-13-26)42-32(45)28(39)22-25-10-4-2-5-11-25;3-2(4,5)1(6)7/h2-7,10-13,27-31H,8-9,14-24,38-40H2,1H3,(H,41,46)(H,42,45)(H,43,47);(H,6,7)/t28-,29-,30-,31?;/m1./s1. The third-order valence-corrected chi connectivity index (χ3v) is 9.81. The van der Waals surface area contributed by atoms with Crippen LogP contribution in [0.2, 0.25) is 0 Å². The lowest BCUT2D eigenvalue weighted by Gasteiger charge is -2.38. The van der Waals surface area contributed by atoms with E-state index in [9.17, 15) is 37.1 Å². The Morgan fingerprint density at radius 1 is 0.825 bits per heavy atom. The number of likely N-dealkylation sites (tertiary alicyclic amines) is 1. The van der Waals surface area contributed by atoms with E-state index in [4.69, 9.17) is 31.8 Å². The van der Waals surface area contributed by atoms with Gasteiger partial charge in [0.1, 0.15) is 23.7 Å². The van der Waals surface area contributed by atoms with Gasteiger partial charge in [0.2, 0.25) is 23.6 Å². The van der Waals surface area contributed by atoms with Crippen molar-refractivity contribution < 1.29 is 51.8 Å². The first-order valence-corrected chi connectivity index (χ1v) is 18.9. The van der Waals surface area contributed by atoms with E-state index in [0.29, 0.717) is 38.6 Å². The summed E-state index contributed by atoms with van der Waals surface area (Å²) >= 11 is 0. The number of nitrogens with zero attached hydrogens (tertiary/aromatic N) is 1. The topological polar surface area (TPSA) is 249 Å². The van der Waals surface area contributed by atoms with Crippen LogP contribution >= 0.6 is 0 Å². The minimum atomic E-state index is -5.08. The second kappa shape index (κ2) is 22.0. The van der Waals surface area contributed by atoms with Gasteiger partial charge in [-0.1, -0.05) is 73.5 Å². The molecule has 1 saturated carbocycles. The molecule has 4 rings (SSSR count). The molecule has 1 aliphatic heterocycles. The van der Waals surface area contributed by atoms with Crippen LogP contribution in [-0.4, -0.2) is 108 Å². The Kier molecular flexibility index (Phi) is 17.9. The van der Waals surface area contributed by atoms with Crippen molar-refractivity contribution in [2.24, 2.45) is 23.1 Å². The van der Waals surface area contributed by atoms with Crippen LogP contribution in [0.25, 0.3) is 0 Å². The summed E-state index contributed by atoms with van der Waals surface area (Å²) in [5, 5.41) is 15.8. The van der Waals surface area contributed by atoms with Gasteiger partial charge in [0.15, 0.2) is 0 Å². The molecule has 10 N–H and O–H groups in total. The van der Waals surface area contributed by atoms with Crippen LogP contribution in [0.4, 0.5) is 13.2 Å². The average molecular weight is 806 g/mol. The minimum Gasteiger partial charge on any atom is -0.475 e. The van der Waals surface area contributed by atoms with Crippen molar-refractivity contribution >= 4 is 35.6 Å². The molecule has 314 valence electrons. The first-order valence-electron chi connectivity index (χ1n) is 18.9. The number of halogens is 3. The molecular formula is C39H54F3N7O8. The lowest BCUT2D eigenvalue weighted by molar-refractivity contribution is -0.192. The molecule has 15 nitrogen and oxygen atoms in total. The number of benzene rings is 2. The molecule has 4 atom stereocenters. The number of hydrogen-bond donors (Lipinski definition) is 7. The van der Waals surface area contributed by atoms with E-state index in [1.54, 1.807) is 4.90 Å². The van der Waals surface area contributed by atoms with E-state index >= 15 is 0 Å². The number of carboxylic acids is 1. The molecule has 57 heavy (non-hydrogen) atoms. The van der Waals surface area contributed by atoms with E-state index in [0.717, 1.165) is 24.0 Å². The predicted molar refractivity (Wildman–Crippen MR) is 203 cm³/mol. The highest BCUT2D eigenvalue weighted by Crippen LogP contribution is 2.33. The van der Waals surface area contributed by atoms with Gasteiger partial charge >= 0.3 is 18.1 Å². The van der Waals surface area contributed by atoms with Crippen LogP contribution in [0.5, 0.6) is 0 Å². The third kappa shape index (κ3) is 15.4. The Morgan fingerprint density at radius 3 is 1.81 bits per heavy atom. The zero-order valence-electron chi connectivity index (χ0n) is 32.0. The van der Waals surface area contributed by atoms with Crippen molar-refractivity contribution in [2.45, 2.75) is 100 Å². The number of methoxy groups -OCH3 is 1. The number of carbonyl (C=O) groups is 6. The summed E-state index contributed by atoms with van der Waals surface area (Å²) in [7, 11) is 1.28. The molecule has 0 spiro atoms. The van der Waals surface area contributed by atoms with Crippen LogP contribution in [0.15, 0.2) is 60.7 Å². The van der Waals surface area contributed by atoms with Gasteiger partial charge in [-0.25, -0.2) is 4.79 Å². The molecular weight excluding hydrogens is 751 g/mol. The Bertz CT molecular complexity index is 1640. The molecule has 2 fully saturated rings. The number of carbonyl (C=O) groups excluding carboxylic acids is 5. The molecule has 0 aromatic heterocycles. The smallest absolute Gasteiger partial charge is 0.475 e. The number of carboxylic acid groups (broad SMARTS) is 1. The van der Waals surface area contributed by atoms with Crippen LogP contribution in [0, 0.1) is 5.92 Å². The molecule has 1 heterocycles. The first-order chi connectivity index (χ1) is 27.0. The maximum atomic E-state index is 13.9. The maximum Gasteiger partial charge on any atom is 0.490 e. The van der Waals surface area contributed by atoms with Crippen LogP contribution < -0.4 is 33.2 Å². The minimum absolute atomic E-state index is 0.192. The Labute approximate surface area is 329 Å². The number of hydrogen-bond acceptors (Lipinski definition) is 10. The van der Waals surface area contributed by atoms with E-state index in [2.05, 4.69) is 16.0 Å². The van der Waals surface area contributed by atoms with Gasteiger partial charge in [-0.3, -0.25) is 24.0 Å². The van der Waals surface area contributed by atoms with Gasteiger partial charge in [0, 0.05) is 19.5 Å². The molecule has 0 radical (unpaired) electrons. The van der Waals surface area contributed by atoms with E-state index < -0.39 is 65.5 Å². The van der Waals surface area contributed by atoms with Crippen molar-refractivity contribution in [3.05, 3.63) is 71.8 Å². The number of esters is 1. The number of piperidine rings is 1. The summed E-state index contributed by atoms with van der Waals surface area (Å²) in [4.78, 5) is 77.6. The first kappa shape index (κ1) is 46.3. The monoisotopic (exact) mass is 805 g/mol. The van der Waals surface area contributed by atoms with Crippen LogP contribution in [0.1, 0.15) is 62.5 Å². The van der Waals surface area contributed by atoms with Crippen molar-refractivity contribution in [2.75, 3.05) is 26.7 Å².